The summed E-state index contributed by atoms with van der Waals surface area (Å²) in [5, 5.41) is 6.80. The van der Waals surface area contributed by atoms with Crippen LogP contribution in [0, 0.1) is 0 Å². The molecule has 0 bridgehead atoms. The van der Waals surface area contributed by atoms with E-state index in [0.29, 0.717) is 22.2 Å². The van der Waals surface area contributed by atoms with E-state index in [-0.39, 0.29) is 6.04 Å². The number of methoxy groups -OCH3 is 1. The van der Waals surface area contributed by atoms with Gasteiger partial charge < -0.3 is 9.64 Å². The fourth-order valence-electron chi connectivity index (χ4n) is 3.29. The van der Waals surface area contributed by atoms with E-state index in [1.807, 2.05) is 43.4 Å². The average Bonchev–Trinajstić information content (AvgIpc) is 3.31. The predicted octanol–water partition coefficient (Wildman–Crippen LogP) is 4.32. The number of anilines is 1. The molecule has 0 unspecified atom stereocenters. The van der Waals surface area contributed by atoms with Crippen LogP contribution in [0.25, 0.3) is 33.4 Å². The minimum atomic E-state index is -0.430. The number of ether oxygens (including phenoxy) is 1. The number of carbonyl (C=O) groups excluding carboxylic acids is 1. The Balaban J connectivity index is 2.02. The van der Waals surface area contributed by atoms with Crippen LogP contribution in [0.15, 0.2) is 54.9 Å². The lowest BCUT2D eigenvalue weighted by molar-refractivity contribution is 0.0602. The SMILES string of the molecule is COC(=O)c1cc2nc(N(C)C(C)C)c(-c3ccccc3)nc2cc1-c1cn[nH]c1. The number of benzene rings is 2. The predicted molar refractivity (Wildman–Crippen MR) is 117 cm³/mol. The number of carbonyl (C=O) groups is 1. The van der Waals surface area contributed by atoms with E-state index in [9.17, 15) is 4.79 Å². The Morgan fingerprint density at radius 1 is 1.07 bits per heavy atom. The van der Waals surface area contributed by atoms with Gasteiger partial charge >= 0.3 is 5.97 Å². The van der Waals surface area contributed by atoms with Crippen LogP contribution in [-0.4, -0.2) is 46.3 Å². The Morgan fingerprint density at radius 2 is 1.80 bits per heavy atom. The van der Waals surface area contributed by atoms with Crippen molar-refractivity contribution in [3.63, 3.8) is 0 Å². The van der Waals surface area contributed by atoms with Gasteiger partial charge in [-0.2, -0.15) is 5.10 Å². The van der Waals surface area contributed by atoms with Crippen molar-refractivity contribution in [3.05, 3.63) is 60.4 Å². The summed E-state index contributed by atoms with van der Waals surface area (Å²) in [6, 6.07) is 13.8. The number of hydrogen-bond acceptors (Lipinski definition) is 6. The van der Waals surface area contributed by atoms with Crippen LogP contribution in [0.5, 0.6) is 0 Å². The zero-order valence-electron chi connectivity index (χ0n) is 17.4. The number of esters is 1. The second-order valence-electron chi connectivity index (χ2n) is 7.33. The number of fused-ring (bicyclic) bond motifs is 1. The first kappa shape index (κ1) is 19.6. The number of H-pyrrole nitrogens is 1. The van der Waals surface area contributed by atoms with Gasteiger partial charge in [0.1, 0.15) is 5.69 Å². The first-order chi connectivity index (χ1) is 14.5. The summed E-state index contributed by atoms with van der Waals surface area (Å²) in [6.45, 7) is 4.20. The van der Waals surface area contributed by atoms with Crippen molar-refractivity contribution < 1.29 is 9.53 Å². The van der Waals surface area contributed by atoms with Crippen LogP contribution >= 0.6 is 0 Å². The summed E-state index contributed by atoms with van der Waals surface area (Å²) < 4.78 is 5.00. The van der Waals surface area contributed by atoms with E-state index >= 15 is 0 Å². The van der Waals surface area contributed by atoms with Crippen LogP contribution in [0.3, 0.4) is 0 Å². The molecule has 0 atom stereocenters. The minimum Gasteiger partial charge on any atom is -0.465 e. The molecule has 30 heavy (non-hydrogen) atoms. The standard InChI is InChI=1S/C23H23N5O2/c1-14(2)28(3)22-21(15-8-6-5-7-9-15)26-19-10-17(16-12-24-25-13-16)18(23(29)30-4)11-20(19)27-22/h5-14H,1-4H3,(H,24,25). The molecule has 7 heteroatoms. The third kappa shape index (κ3) is 3.50. The molecule has 0 aliphatic heterocycles. The molecule has 1 N–H and O–H groups in total. The normalized spacial score (nSPS) is 11.1. The molecule has 4 aromatic rings. The Hall–Kier alpha value is -3.74. The molecule has 0 amide bonds. The summed E-state index contributed by atoms with van der Waals surface area (Å²) >= 11 is 0. The molecule has 0 aliphatic rings. The molecule has 2 aromatic carbocycles. The molecule has 0 radical (unpaired) electrons. The maximum absolute atomic E-state index is 12.5. The van der Waals surface area contributed by atoms with E-state index in [4.69, 9.17) is 14.7 Å². The summed E-state index contributed by atoms with van der Waals surface area (Å²) in [7, 11) is 3.36. The van der Waals surface area contributed by atoms with Crippen LogP contribution in [-0.2, 0) is 4.74 Å². The number of hydrogen-bond donors (Lipinski definition) is 1. The second kappa shape index (κ2) is 7.94. The van der Waals surface area contributed by atoms with Crippen molar-refractivity contribution in [2.45, 2.75) is 19.9 Å². The van der Waals surface area contributed by atoms with Crippen molar-refractivity contribution in [3.8, 4) is 22.4 Å². The first-order valence-electron chi connectivity index (χ1n) is 9.71. The van der Waals surface area contributed by atoms with Crippen molar-refractivity contribution >= 4 is 22.8 Å². The summed E-state index contributed by atoms with van der Waals surface area (Å²) in [5.74, 6) is 0.330. The number of nitrogens with zero attached hydrogens (tertiary/aromatic N) is 4. The third-order valence-electron chi connectivity index (χ3n) is 5.16. The Morgan fingerprint density at radius 3 is 2.43 bits per heavy atom. The maximum Gasteiger partial charge on any atom is 0.338 e. The number of rotatable bonds is 5. The van der Waals surface area contributed by atoms with Gasteiger partial charge in [0.05, 0.1) is 29.9 Å². The average molecular weight is 401 g/mol. The van der Waals surface area contributed by atoms with Gasteiger partial charge in [-0.3, -0.25) is 5.10 Å². The Kier molecular flexibility index (Phi) is 5.18. The molecule has 0 saturated heterocycles. The van der Waals surface area contributed by atoms with Gasteiger partial charge in [-0.15, -0.1) is 0 Å². The smallest absolute Gasteiger partial charge is 0.338 e. The highest BCUT2D eigenvalue weighted by Crippen LogP contribution is 2.33. The monoisotopic (exact) mass is 401 g/mol. The van der Waals surface area contributed by atoms with Gasteiger partial charge in [0.2, 0.25) is 0 Å². The largest absolute Gasteiger partial charge is 0.465 e. The molecular weight excluding hydrogens is 378 g/mol. The molecule has 2 aromatic heterocycles. The zero-order chi connectivity index (χ0) is 21.3. The van der Waals surface area contributed by atoms with Crippen LogP contribution in [0.2, 0.25) is 0 Å². The maximum atomic E-state index is 12.5. The molecule has 0 aliphatic carbocycles. The lowest BCUT2D eigenvalue weighted by Crippen LogP contribution is -2.27. The first-order valence-corrected chi connectivity index (χ1v) is 9.71. The molecule has 4 rings (SSSR count). The second-order valence-corrected chi connectivity index (χ2v) is 7.33. The summed E-state index contributed by atoms with van der Waals surface area (Å²) in [6.07, 6.45) is 3.40. The van der Waals surface area contributed by atoms with Gasteiger partial charge in [0.25, 0.3) is 0 Å². The molecule has 2 heterocycles. The van der Waals surface area contributed by atoms with Gasteiger partial charge in [-0.25, -0.2) is 14.8 Å². The summed E-state index contributed by atoms with van der Waals surface area (Å²) in [4.78, 5) is 24.4. The molecule has 0 saturated carbocycles. The lowest BCUT2D eigenvalue weighted by atomic mass is 10.0. The molecule has 0 fully saturated rings. The van der Waals surface area contributed by atoms with E-state index in [1.165, 1.54) is 7.11 Å². The van der Waals surface area contributed by atoms with Crippen LogP contribution in [0.4, 0.5) is 5.82 Å². The molecular formula is C23H23N5O2. The highest BCUT2D eigenvalue weighted by Gasteiger charge is 2.21. The number of aromatic nitrogens is 4. The van der Waals surface area contributed by atoms with Crippen molar-refractivity contribution in [2.24, 2.45) is 0 Å². The molecule has 152 valence electrons. The highest BCUT2D eigenvalue weighted by atomic mass is 16.5. The van der Waals surface area contributed by atoms with Crippen LogP contribution in [0.1, 0.15) is 24.2 Å². The third-order valence-corrected chi connectivity index (χ3v) is 5.16. The fourth-order valence-corrected chi connectivity index (χ4v) is 3.29. The van der Waals surface area contributed by atoms with Crippen LogP contribution < -0.4 is 4.90 Å². The van der Waals surface area contributed by atoms with Crippen molar-refractivity contribution in [1.82, 2.24) is 20.2 Å². The number of aromatic amines is 1. The zero-order valence-corrected chi connectivity index (χ0v) is 17.4. The number of nitrogens with one attached hydrogen (secondary N) is 1. The molecule has 0 spiro atoms. The molecule has 7 nitrogen and oxygen atoms in total. The van der Waals surface area contributed by atoms with E-state index in [1.54, 1.807) is 18.5 Å². The lowest BCUT2D eigenvalue weighted by Gasteiger charge is -2.25. The van der Waals surface area contributed by atoms with Gasteiger partial charge in [-0.1, -0.05) is 30.3 Å². The van der Waals surface area contributed by atoms with Gasteiger partial charge in [-0.05, 0) is 26.0 Å². The fraction of sp³-hybridized carbons (Fsp3) is 0.217. The van der Waals surface area contributed by atoms with Crippen molar-refractivity contribution in [2.75, 3.05) is 19.1 Å². The van der Waals surface area contributed by atoms with Gasteiger partial charge in [0.15, 0.2) is 5.82 Å². The quantitative estimate of drug-likeness (QED) is 0.502. The van der Waals surface area contributed by atoms with Crippen molar-refractivity contribution in [1.29, 1.82) is 0 Å². The highest BCUT2D eigenvalue weighted by molar-refractivity contribution is 6.02. The topological polar surface area (TPSA) is 84.0 Å². The Bertz CT molecular complexity index is 1190. The minimum absolute atomic E-state index is 0.226. The van der Waals surface area contributed by atoms with Gasteiger partial charge in [0, 0.05) is 36.0 Å². The Labute approximate surface area is 174 Å². The van der Waals surface area contributed by atoms with E-state index in [0.717, 1.165) is 22.6 Å². The van der Waals surface area contributed by atoms with E-state index < -0.39 is 5.97 Å². The summed E-state index contributed by atoms with van der Waals surface area (Å²) in [5.41, 5.74) is 5.00. The van der Waals surface area contributed by atoms with E-state index in [2.05, 4.69) is 28.9 Å².